The zero-order valence-corrected chi connectivity index (χ0v) is 18.4. The zero-order valence-electron chi connectivity index (χ0n) is 17.7. The van der Waals surface area contributed by atoms with E-state index in [4.69, 9.17) is 11.6 Å². The third-order valence-corrected chi connectivity index (χ3v) is 4.85. The van der Waals surface area contributed by atoms with Gasteiger partial charge < -0.3 is 20.3 Å². The second-order valence-corrected chi connectivity index (χ2v) is 8.39. The standard InChI is InChI=1S/C21H21ClF2N6O3/c1-21(2,32)11-29-10-15(27-19(31)14-9-26-30-7-3-6-25-18(14)30)17(28-29)13-8-12(22)4-5-16(13)33-20(23)24/h3-10,19-20,27,31-32H,11H2,1-2H3. The molecule has 0 radical (unpaired) electrons. The van der Waals surface area contributed by atoms with Gasteiger partial charge in [0.15, 0.2) is 11.9 Å². The highest BCUT2D eigenvalue weighted by atomic mass is 35.5. The van der Waals surface area contributed by atoms with Gasteiger partial charge in [0, 0.05) is 29.2 Å². The van der Waals surface area contributed by atoms with Crippen molar-refractivity contribution in [2.75, 3.05) is 5.32 Å². The van der Waals surface area contributed by atoms with Crippen molar-refractivity contribution >= 4 is 22.9 Å². The van der Waals surface area contributed by atoms with Crippen molar-refractivity contribution in [3.8, 4) is 17.0 Å². The maximum absolute atomic E-state index is 13.0. The number of nitrogens with zero attached hydrogens (tertiary/aromatic N) is 5. The Morgan fingerprint density at radius 2 is 2.09 bits per heavy atom. The van der Waals surface area contributed by atoms with Crippen LogP contribution >= 0.6 is 11.6 Å². The Labute approximate surface area is 192 Å². The van der Waals surface area contributed by atoms with Crippen LogP contribution in [-0.4, -0.2) is 46.8 Å². The highest BCUT2D eigenvalue weighted by molar-refractivity contribution is 6.31. The molecule has 0 amide bonds. The second kappa shape index (κ2) is 8.93. The molecular weight excluding hydrogens is 458 g/mol. The van der Waals surface area contributed by atoms with Crippen molar-refractivity contribution in [2.24, 2.45) is 0 Å². The SMILES string of the molecule is CC(C)(O)Cn1cc(NC(O)c2cnn3cccnc23)c(-c2cc(Cl)ccc2OC(F)F)n1. The van der Waals surface area contributed by atoms with Crippen LogP contribution in [0.15, 0.2) is 49.1 Å². The van der Waals surface area contributed by atoms with E-state index in [9.17, 15) is 19.0 Å². The average Bonchev–Trinajstić information content (AvgIpc) is 3.31. The number of rotatable bonds is 8. The van der Waals surface area contributed by atoms with Gasteiger partial charge in [-0.25, -0.2) is 9.50 Å². The van der Waals surface area contributed by atoms with E-state index in [0.717, 1.165) is 0 Å². The van der Waals surface area contributed by atoms with Crippen molar-refractivity contribution in [3.05, 3.63) is 59.6 Å². The Morgan fingerprint density at radius 1 is 1.30 bits per heavy atom. The second-order valence-electron chi connectivity index (χ2n) is 7.96. The number of aromatic nitrogens is 5. The molecule has 0 aliphatic carbocycles. The minimum Gasteiger partial charge on any atom is -0.434 e. The molecular formula is C21H21ClF2N6O3. The summed E-state index contributed by atoms with van der Waals surface area (Å²) in [7, 11) is 0. The summed E-state index contributed by atoms with van der Waals surface area (Å²) in [6.45, 7) is 0.245. The molecule has 0 aliphatic heterocycles. The fourth-order valence-electron chi connectivity index (χ4n) is 3.35. The van der Waals surface area contributed by atoms with Crippen molar-refractivity contribution in [1.82, 2.24) is 24.4 Å². The van der Waals surface area contributed by atoms with Gasteiger partial charge >= 0.3 is 6.61 Å². The van der Waals surface area contributed by atoms with Gasteiger partial charge in [0.05, 0.1) is 29.6 Å². The number of hydrogen-bond donors (Lipinski definition) is 3. The topological polar surface area (TPSA) is 110 Å². The highest BCUT2D eigenvalue weighted by Gasteiger charge is 2.24. The van der Waals surface area contributed by atoms with Crippen LogP contribution in [0.3, 0.4) is 0 Å². The van der Waals surface area contributed by atoms with Crippen LogP contribution in [-0.2, 0) is 6.54 Å². The van der Waals surface area contributed by atoms with E-state index in [1.807, 2.05) is 0 Å². The number of alkyl halides is 2. The van der Waals surface area contributed by atoms with Gasteiger partial charge in [-0.2, -0.15) is 19.0 Å². The molecule has 0 saturated carbocycles. The molecule has 12 heteroatoms. The van der Waals surface area contributed by atoms with Gasteiger partial charge in [0.1, 0.15) is 11.4 Å². The van der Waals surface area contributed by atoms with Crippen molar-refractivity contribution in [1.29, 1.82) is 0 Å². The van der Waals surface area contributed by atoms with Crippen LogP contribution in [0.5, 0.6) is 5.75 Å². The predicted molar refractivity (Wildman–Crippen MR) is 117 cm³/mol. The molecule has 0 bridgehead atoms. The lowest BCUT2D eigenvalue weighted by Crippen LogP contribution is -2.26. The quantitative estimate of drug-likeness (QED) is 0.331. The first-order chi connectivity index (χ1) is 15.6. The van der Waals surface area contributed by atoms with Crippen LogP contribution in [0, 0.1) is 0 Å². The average molecular weight is 479 g/mol. The van der Waals surface area contributed by atoms with Crippen molar-refractivity contribution in [2.45, 2.75) is 38.8 Å². The summed E-state index contributed by atoms with van der Waals surface area (Å²) in [6, 6.07) is 5.87. The van der Waals surface area contributed by atoms with E-state index in [1.165, 1.54) is 33.6 Å². The Morgan fingerprint density at radius 3 is 2.82 bits per heavy atom. The van der Waals surface area contributed by atoms with E-state index in [1.54, 1.807) is 38.5 Å². The molecule has 4 rings (SSSR count). The van der Waals surface area contributed by atoms with E-state index >= 15 is 0 Å². The Hall–Kier alpha value is -3.28. The molecule has 4 aromatic rings. The number of anilines is 1. The molecule has 33 heavy (non-hydrogen) atoms. The summed E-state index contributed by atoms with van der Waals surface area (Å²) in [4.78, 5) is 4.22. The summed E-state index contributed by atoms with van der Waals surface area (Å²) >= 11 is 6.11. The number of hydrogen-bond acceptors (Lipinski definition) is 7. The minimum absolute atomic E-state index is 0.0989. The van der Waals surface area contributed by atoms with Crippen LogP contribution in [0.25, 0.3) is 16.9 Å². The van der Waals surface area contributed by atoms with Crippen LogP contribution in [0.4, 0.5) is 14.5 Å². The third-order valence-electron chi connectivity index (χ3n) is 4.62. The van der Waals surface area contributed by atoms with Crippen LogP contribution in [0.1, 0.15) is 25.6 Å². The van der Waals surface area contributed by atoms with E-state index in [-0.39, 0.29) is 28.6 Å². The Kier molecular flexibility index (Phi) is 6.19. The first kappa shape index (κ1) is 22.9. The fourth-order valence-corrected chi connectivity index (χ4v) is 3.52. The molecule has 1 atom stereocenters. The van der Waals surface area contributed by atoms with Crippen LogP contribution in [0.2, 0.25) is 5.02 Å². The van der Waals surface area contributed by atoms with Crippen LogP contribution < -0.4 is 10.1 Å². The number of benzene rings is 1. The number of aliphatic hydroxyl groups excluding tert-OH is 1. The lowest BCUT2D eigenvalue weighted by Gasteiger charge is -2.16. The molecule has 0 fully saturated rings. The number of halogens is 3. The lowest BCUT2D eigenvalue weighted by molar-refractivity contribution is -0.0494. The summed E-state index contributed by atoms with van der Waals surface area (Å²) < 4.78 is 33.6. The van der Waals surface area contributed by atoms with Gasteiger partial charge in [0.2, 0.25) is 0 Å². The molecule has 3 aromatic heterocycles. The monoisotopic (exact) mass is 478 g/mol. The van der Waals surface area contributed by atoms with E-state index in [2.05, 4.69) is 25.2 Å². The zero-order chi connectivity index (χ0) is 23.8. The molecule has 0 aliphatic rings. The molecule has 174 valence electrons. The van der Waals surface area contributed by atoms with Gasteiger partial charge in [0.25, 0.3) is 0 Å². The fraction of sp³-hybridized carbons (Fsp3) is 0.286. The van der Waals surface area contributed by atoms with Gasteiger partial charge in [-0.3, -0.25) is 4.68 Å². The summed E-state index contributed by atoms with van der Waals surface area (Å²) in [5, 5.41) is 32.9. The highest BCUT2D eigenvalue weighted by Crippen LogP contribution is 2.38. The Balaban J connectivity index is 1.77. The van der Waals surface area contributed by atoms with E-state index < -0.39 is 18.4 Å². The van der Waals surface area contributed by atoms with E-state index in [0.29, 0.717) is 16.9 Å². The summed E-state index contributed by atoms with van der Waals surface area (Å²) in [6.07, 6.45) is 5.01. The van der Waals surface area contributed by atoms with Gasteiger partial charge in [-0.15, -0.1) is 0 Å². The maximum Gasteiger partial charge on any atom is 0.387 e. The number of ether oxygens (including phenoxy) is 1. The molecule has 0 saturated heterocycles. The lowest BCUT2D eigenvalue weighted by atomic mass is 10.1. The first-order valence-corrected chi connectivity index (χ1v) is 10.3. The molecule has 1 aromatic carbocycles. The third kappa shape index (κ3) is 5.21. The predicted octanol–water partition coefficient (Wildman–Crippen LogP) is 3.72. The maximum atomic E-state index is 13.0. The molecule has 9 nitrogen and oxygen atoms in total. The van der Waals surface area contributed by atoms with Gasteiger partial charge in [-0.1, -0.05) is 11.6 Å². The normalized spacial score (nSPS) is 13.0. The molecule has 3 heterocycles. The Bertz CT molecular complexity index is 1270. The van der Waals surface area contributed by atoms with Crippen molar-refractivity contribution in [3.63, 3.8) is 0 Å². The number of nitrogens with one attached hydrogen (secondary N) is 1. The largest absolute Gasteiger partial charge is 0.434 e. The summed E-state index contributed by atoms with van der Waals surface area (Å²) in [5.41, 5.74) is 0.399. The minimum atomic E-state index is -3.06. The molecule has 3 N–H and O–H groups in total. The smallest absolute Gasteiger partial charge is 0.387 e. The summed E-state index contributed by atoms with van der Waals surface area (Å²) in [5.74, 6) is -0.141. The van der Waals surface area contributed by atoms with Crippen molar-refractivity contribution < 1.29 is 23.7 Å². The molecule has 0 spiro atoms. The number of aliphatic hydroxyl groups is 2. The number of fused-ring (bicyclic) bond motifs is 1. The first-order valence-electron chi connectivity index (χ1n) is 9.88. The molecule has 1 unspecified atom stereocenters. The van der Waals surface area contributed by atoms with Gasteiger partial charge in [-0.05, 0) is 38.1 Å².